The fraction of sp³-hybridized carbons (Fsp3) is 0.0909. The number of benzene rings is 1. The van der Waals surface area contributed by atoms with Crippen LogP contribution in [-0.2, 0) is 6.61 Å². The molecule has 1 heterocycles. The molecule has 82 valence electrons. The molecule has 0 atom stereocenters. The number of rotatable bonds is 3. The minimum atomic E-state index is -0.265. The highest BCUT2D eigenvalue weighted by Gasteiger charge is 1.98. The molecule has 0 radical (unpaired) electrons. The van der Waals surface area contributed by atoms with Crippen LogP contribution >= 0.6 is 11.6 Å². The van der Waals surface area contributed by atoms with Crippen LogP contribution < -0.4 is 4.74 Å². The number of halogens is 2. The number of ether oxygens (including phenoxy) is 1. The summed E-state index contributed by atoms with van der Waals surface area (Å²) < 4.78 is 18.0. The highest BCUT2D eigenvalue weighted by Crippen LogP contribution is 2.11. The third kappa shape index (κ3) is 2.90. The maximum Gasteiger partial charge on any atom is 0.222 e. The molecule has 1 aromatic carbocycles. The van der Waals surface area contributed by atoms with E-state index in [0.29, 0.717) is 12.4 Å². The summed E-state index contributed by atoms with van der Waals surface area (Å²) in [5, 5.41) is 0.175. The largest absolute Gasteiger partial charge is 0.486 e. The summed E-state index contributed by atoms with van der Waals surface area (Å²) in [6.07, 6.45) is 2.97. The smallest absolute Gasteiger partial charge is 0.222 e. The van der Waals surface area contributed by atoms with E-state index in [4.69, 9.17) is 16.3 Å². The predicted octanol–water partition coefficient (Wildman–Crippen LogP) is 2.85. The van der Waals surface area contributed by atoms with Crippen molar-refractivity contribution in [3.8, 4) is 5.75 Å². The minimum absolute atomic E-state index is 0.175. The van der Waals surface area contributed by atoms with Crippen LogP contribution in [0.5, 0.6) is 5.75 Å². The molecule has 0 bridgehead atoms. The van der Waals surface area contributed by atoms with Crippen LogP contribution in [0.2, 0.25) is 5.28 Å². The molecule has 0 unspecified atom stereocenters. The molecule has 0 aliphatic rings. The van der Waals surface area contributed by atoms with Crippen molar-refractivity contribution in [1.29, 1.82) is 0 Å². The van der Waals surface area contributed by atoms with E-state index < -0.39 is 0 Å². The lowest BCUT2D eigenvalue weighted by atomic mass is 10.2. The van der Waals surface area contributed by atoms with Gasteiger partial charge in [-0.2, -0.15) is 0 Å². The Balaban J connectivity index is 1.97. The summed E-state index contributed by atoms with van der Waals surface area (Å²) in [5.41, 5.74) is 0.872. The highest BCUT2D eigenvalue weighted by molar-refractivity contribution is 6.28. The molecule has 1 aromatic heterocycles. The summed E-state index contributed by atoms with van der Waals surface area (Å²) in [6.45, 7) is 0.339. The number of hydrogen-bond donors (Lipinski definition) is 0. The predicted molar refractivity (Wildman–Crippen MR) is 57.8 cm³/mol. The Labute approximate surface area is 96.9 Å². The minimum Gasteiger partial charge on any atom is -0.486 e. The van der Waals surface area contributed by atoms with E-state index in [1.807, 2.05) is 0 Å². The van der Waals surface area contributed by atoms with Gasteiger partial charge in [-0.05, 0) is 29.3 Å². The summed E-state index contributed by atoms with van der Waals surface area (Å²) >= 11 is 5.53. The maximum absolute atomic E-state index is 12.6. The van der Waals surface area contributed by atoms with Gasteiger partial charge in [-0.3, -0.25) is 0 Å². The Kier molecular flexibility index (Phi) is 3.31. The van der Waals surface area contributed by atoms with Crippen molar-refractivity contribution in [1.82, 2.24) is 9.97 Å². The first-order valence-electron chi connectivity index (χ1n) is 4.59. The lowest BCUT2D eigenvalue weighted by Gasteiger charge is -2.04. The van der Waals surface area contributed by atoms with E-state index >= 15 is 0 Å². The van der Waals surface area contributed by atoms with Crippen molar-refractivity contribution < 1.29 is 9.13 Å². The maximum atomic E-state index is 12.6. The molecule has 16 heavy (non-hydrogen) atoms. The summed E-state index contributed by atoms with van der Waals surface area (Å²) in [4.78, 5) is 7.55. The van der Waals surface area contributed by atoms with Crippen molar-refractivity contribution in [2.45, 2.75) is 6.61 Å². The fourth-order valence-electron chi connectivity index (χ4n) is 1.12. The Hall–Kier alpha value is -1.68. The number of aromatic nitrogens is 2. The third-order valence-electron chi connectivity index (χ3n) is 1.92. The molecular weight excluding hydrogens is 231 g/mol. The second-order valence-electron chi connectivity index (χ2n) is 3.10. The van der Waals surface area contributed by atoms with E-state index in [1.54, 1.807) is 12.1 Å². The molecule has 0 aliphatic heterocycles. The van der Waals surface area contributed by atoms with E-state index in [2.05, 4.69) is 9.97 Å². The lowest BCUT2D eigenvalue weighted by Crippen LogP contribution is -1.96. The molecule has 2 rings (SSSR count). The van der Waals surface area contributed by atoms with Crippen LogP contribution in [0.3, 0.4) is 0 Å². The first kappa shape index (κ1) is 10.8. The van der Waals surface area contributed by atoms with Gasteiger partial charge in [-0.25, -0.2) is 14.4 Å². The topological polar surface area (TPSA) is 35.0 Å². The standard InChI is InChI=1S/C11H8ClFN2O/c12-11-14-5-10(6-15-11)16-7-8-1-3-9(13)4-2-8/h1-6H,7H2. The average molecular weight is 239 g/mol. The Bertz CT molecular complexity index is 413. The number of nitrogens with zero attached hydrogens (tertiary/aromatic N) is 2. The molecule has 0 fully saturated rings. The van der Waals surface area contributed by atoms with Gasteiger partial charge in [0, 0.05) is 0 Å². The van der Waals surface area contributed by atoms with Gasteiger partial charge in [0.1, 0.15) is 12.4 Å². The van der Waals surface area contributed by atoms with Crippen molar-refractivity contribution >= 4 is 11.6 Å². The van der Waals surface area contributed by atoms with Gasteiger partial charge in [0.05, 0.1) is 12.4 Å². The molecule has 2 aromatic rings. The van der Waals surface area contributed by atoms with E-state index in [9.17, 15) is 4.39 Å². The van der Waals surface area contributed by atoms with E-state index in [-0.39, 0.29) is 11.1 Å². The Morgan fingerprint density at radius 3 is 2.38 bits per heavy atom. The van der Waals surface area contributed by atoms with Crippen LogP contribution in [0.15, 0.2) is 36.7 Å². The Morgan fingerprint density at radius 2 is 1.75 bits per heavy atom. The van der Waals surface area contributed by atoms with Crippen LogP contribution in [0.25, 0.3) is 0 Å². The summed E-state index contributed by atoms with van der Waals surface area (Å²) in [6, 6.07) is 6.09. The van der Waals surface area contributed by atoms with Gasteiger partial charge < -0.3 is 4.74 Å². The molecule has 3 nitrogen and oxygen atoms in total. The zero-order valence-electron chi connectivity index (χ0n) is 8.23. The van der Waals surface area contributed by atoms with E-state index in [0.717, 1.165) is 5.56 Å². The molecule has 0 N–H and O–H groups in total. The number of hydrogen-bond acceptors (Lipinski definition) is 3. The lowest BCUT2D eigenvalue weighted by molar-refractivity contribution is 0.303. The molecule has 0 aliphatic carbocycles. The first-order valence-corrected chi connectivity index (χ1v) is 4.96. The fourth-order valence-corrected chi connectivity index (χ4v) is 1.22. The summed E-state index contributed by atoms with van der Waals surface area (Å²) in [5.74, 6) is 0.257. The molecule has 0 saturated carbocycles. The Morgan fingerprint density at radius 1 is 1.12 bits per heavy atom. The zero-order valence-corrected chi connectivity index (χ0v) is 8.99. The monoisotopic (exact) mass is 238 g/mol. The van der Waals surface area contributed by atoms with Crippen LogP contribution in [-0.4, -0.2) is 9.97 Å². The van der Waals surface area contributed by atoms with E-state index in [1.165, 1.54) is 24.5 Å². The van der Waals surface area contributed by atoms with Crippen molar-refractivity contribution in [2.75, 3.05) is 0 Å². The first-order chi connectivity index (χ1) is 7.74. The second-order valence-corrected chi connectivity index (χ2v) is 3.44. The van der Waals surface area contributed by atoms with Crippen LogP contribution in [0.1, 0.15) is 5.56 Å². The molecule has 0 saturated heterocycles. The highest BCUT2D eigenvalue weighted by atomic mass is 35.5. The molecule has 0 spiro atoms. The van der Waals surface area contributed by atoms with Crippen molar-refractivity contribution in [3.63, 3.8) is 0 Å². The zero-order chi connectivity index (χ0) is 11.4. The molecular formula is C11H8ClFN2O. The SMILES string of the molecule is Fc1ccc(COc2cnc(Cl)nc2)cc1. The van der Waals surface area contributed by atoms with Gasteiger partial charge >= 0.3 is 0 Å². The average Bonchev–Trinajstić information content (AvgIpc) is 2.30. The molecule has 5 heteroatoms. The molecule has 0 amide bonds. The van der Waals surface area contributed by atoms with Gasteiger partial charge in [0.2, 0.25) is 5.28 Å². The van der Waals surface area contributed by atoms with Gasteiger partial charge in [-0.1, -0.05) is 12.1 Å². The van der Waals surface area contributed by atoms with Gasteiger partial charge in [0.15, 0.2) is 5.75 Å². The summed E-state index contributed by atoms with van der Waals surface area (Å²) in [7, 11) is 0. The van der Waals surface area contributed by atoms with Gasteiger partial charge in [0.25, 0.3) is 0 Å². The van der Waals surface area contributed by atoms with Crippen LogP contribution in [0, 0.1) is 5.82 Å². The quantitative estimate of drug-likeness (QED) is 0.772. The van der Waals surface area contributed by atoms with Gasteiger partial charge in [-0.15, -0.1) is 0 Å². The van der Waals surface area contributed by atoms with Crippen molar-refractivity contribution in [2.24, 2.45) is 0 Å². The normalized spacial score (nSPS) is 10.1. The second kappa shape index (κ2) is 4.90. The van der Waals surface area contributed by atoms with Crippen molar-refractivity contribution in [3.05, 3.63) is 53.3 Å². The van der Waals surface area contributed by atoms with Crippen LogP contribution in [0.4, 0.5) is 4.39 Å². The third-order valence-corrected chi connectivity index (χ3v) is 2.11.